The Morgan fingerprint density at radius 3 is 2.52 bits per heavy atom. The Labute approximate surface area is 158 Å². The number of benzene rings is 2. The number of phenolic OH excluding ortho intramolecular Hbond substituents is 2. The van der Waals surface area contributed by atoms with Crippen LogP contribution in [0, 0.1) is 0 Å². The Morgan fingerprint density at radius 1 is 1.07 bits per heavy atom. The Hall–Kier alpha value is -3.20. The summed E-state index contributed by atoms with van der Waals surface area (Å²) in [4.78, 5) is 11.9. The molecule has 2 N–H and O–H groups in total. The van der Waals surface area contributed by atoms with Crippen molar-refractivity contribution >= 4 is 17.7 Å². The predicted octanol–water partition coefficient (Wildman–Crippen LogP) is 3.24. The molecule has 0 saturated carbocycles. The number of carbonyl (C=O) groups is 1. The van der Waals surface area contributed by atoms with Crippen LogP contribution in [0.2, 0.25) is 0 Å². The smallest absolute Gasteiger partial charge is 0.321 e. The molecule has 0 atom stereocenters. The van der Waals surface area contributed by atoms with E-state index < -0.39 is 5.97 Å². The molecule has 0 fully saturated rings. The number of nitrogens with zero attached hydrogens (tertiary/aromatic N) is 2. The highest BCUT2D eigenvalue weighted by Gasteiger charge is 2.13. The van der Waals surface area contributed by atoms with Crippen LogP contribution in [0.4, 0.5) is 0 Å². The molecule has 0 aliphatic carbocycles. The van der Waals surface area contributed by atoms with Crippen molar-refractivity contribution in [1.29, 1.82) is 0 Å². The van der Waals surface area contributed by atoms with Gasteiger partial charge in [0.05, 0.1) is 6.61 Å². The number of aromatic nitrogens is 2. The van der Waals surface area contributed by atoms with Gasteiger partial charge in [-0.2, -0.15) is 0 Å². The topological polar surface area (TPSA) is 115 Å². The second-order valence-corrected chi connectivity index (χ2v) is 6.17. The minimum absolute atomic E-state index is 0.0182. The molecule has 1 aromatic heterocycles. The summed E-state index contributed by atoms with van der Waals surface area (Å²) >= 11 is 1.03. The van der Waals surface area contributed by atoms with E-state index in [0.29, 0.717) is 23.7 Å². The van der Waals surface area contributed by atoms with E-state index in [1.807, 2.05) is 6.92 Å². The number of aromatic hydroxyl groups is 2. The van der Waals surface area contributed by atoms with Gasteiger partial charge in [0.15, 0.2) is 11.5 Å². The van der Waals surface area contributed by atoms with E-state index in [9.17, 15) is 15.0 Å². The number of rotatable bonds is 7. The average Bonchev–Trinajstić information content (AvgIpc) is 3.13. The molecule has 27 heavy (non-hydrogen) atoms. The predicted molar refractivity (Wildman–Crippen MR) is 97.0 cm³/mol. The molecule has 9 heteroatoms. The number of esters is 1. The summed E-state index contributed by atoms with van der Waals surface area (Å²) in [7, 11) is 0. The zero-order chi connectivity index (χ0) is 19.2. The highest BCUT2D eigenvalue weighted by molar-refractivity contribution is 7.99. The van der Waals surface area contributed by atoms with Gasteiger partial charge in [-0.15, -0.1) is 10.2 Å². The van der Waals surface area contributed by atoms with Gasteiger partial charge in [-0.25, -0.2) is 0 Å². The molecule has 0 amide bonds. The summed E-state index contributed by atoms with van der Waals surface area (Å²) in [5.41, 5.74) is 0.446. The first-order valence-electron chi connectivity index (χ1n) is 7.97. The number of hydrogen-bond acceptors (Lipinski definition) is 9. The molecule has 8 nitrogen and oxygen atoms in total. The largest absolute Gasteiger partial charge is 0.504 e. The molecule has 0 saturated heterocycles. The van der Waals surface area contributed by atoms with Gasteiger partial charge in [0.25, 0.3) is 5.22 Å². The lowest BCUT2D eigenvalue weighted by molar-refractivity contribution is -0.131. The molecule has 140 valence electrons. The van der Waals surface area contributed by atoms with E-state index >= 15 is 0 Å². The van der Waals surface area contributed by atoms with Crippen molar-refractivity contribution in [3.05, 3.63) is 42.5 Å². The molecular formula is C18H16N2O6S. The molecule has 0 unspecified atom stereocenters. The molecule has 1 heterocycles. The number of hydrogen-bond donors (Lipinski definition) is 2. The second kappa shape index (κ2) is 8.45. The molecule has 0 aliphatic rings. The van der Waals surface area contributed by atoms with Crippen molar-refractivity contribution in [3.8, 4) is 34.5 Å². The molecule has 3 aromatic rings. The molecule has 3 rings (SSSR count). The van der Waals surface area contributed by atoms with Crippen LogP contribution in [-0.2, 0) is 4.79 Å². The van der Waals surface area contributed by atoms with Gasteiger partial charge in [0.1, 0.15) is 17.3 Å². The maximum atomic E-state index is 11.9. The van der Waals surface area contributed by atoms with Gasteiger partial charge >= 0.3 is 5.97 Å². The SMILES string of the molecule is CCOc1ccc(OC(=O)CSc2nnc(-c3ccc(O)c(O)c3)o2)cc1. The Morgan fingerprint density at radius 2 is 1.81 bits per heavy atom. The van der Waals surface area contributed by atoms with Crippen molar-refractivity contribution in [2.75, 3.05) is 12.4 Å². The monoisotopic (exact) mass is 388 g/mol. The second-order valence-electron chi connectivity index (χ2n) is 5.24. The Bertz CT molecular complexity index is 926. The standard InChI is InChI=1S/C18H16N2O6S/c1-2-24-12-4-6-13(7-5-12)25-16(23)10-27-18-20-19-17(26-18)11-3-8-14(21)15(22)9-11/h3-9,21-22H,2,10H2,1H3. The molecule has 0 aliphatic heterocycles. The van der Waals surface area contributed by atoms with Gasteiger partial charge in [-0.05, 0) is 49.4 Å². The molecule has 2 aromatic carbocycles. The summed E-state index contributed by atoms with van der Waals surface area (Å²) in [6.45, 7) is 2.45. The van der Waals surface area contributed by atoms with Crippen LogP contribution in [0.15, 0.2) is 52.1 Å². The van der Waals surface area contributed by atoms with Crippen LogP contribution < -0.4 is 9.47 Å². The van der Waals surface area contributed by atoms with Gasteiger partial charge < -0.3 is 24.1 Å². The highest BCUT2D eigenvalue weighted by Crippen LogP contribution is 2.31. The van der Waals surface area contributed by atoms with Crippen molar-refractivity contribution in [2.24, 2.45) is 0 Å². The van der Waals surface area contributed by atoms with Crippen LogP contribution in [0.3, 0.4) is 0 Å². The molecular weight excluding hydrogens is 372 g/mol. The third-order valence-electron chi connectivity index (χ3n) is 3.31. The number of carbonyl (C=O) groups excluding carboxylic acids is 1. The first-order chi connectivity index (χ1) is 13.0. The van der Waals surface area contributed by atoms with Crippen molar-refractivity contribution in [2.45, 2.75) is 12.1 Å². The van der Waals surface area contributed by atoms with E-state index in [0.717, 1.165) is 11.8 Å². The van der Waals surface area contributed by atoms with Crippen LogP contribution in [0.25, 0.3) is 11.5 Å². The fourth-order valence-electron chi connectivity index (χ4n) is 2.09. The van der Waals surface area contributed by atoms with Crippen molar-refractivity contribution < 1.29 is 28.9 Å². The fourth-order valence-corrected chi connectivity index (χ4v) is 2.63. The Balaban J connectivity index is 1.54. The van der Waals surface area contributed by atoms with Crippen molar-refractivity contribution in [3.63, 3.8) is 0 Å². The van der Waals surface area contributed by atoms with Crippen molar-refractivity contribution in [1.82, 2.24) is 10.2 Å². The summed E-state index contributed by atoms with van der Waals surface area (Å²) in [5, 5.41) is 26.7. The lowest BCUT2D eigenvalue weighted by atomic mass is 10.2. The zero-order valence-electron chi connectivity index (χ0n) is 14.3. The minimum Gasteiger partial charge on any atom is -0.504 e. The maximum absolute atomic E-state index is 11.9. The number of ether oxygens (including phenoxy) is 2. The zero-order valence-corrected chi connectivity index (χ0v) is 15.1. The normalized spacial score (nSPS) is 10.6. The van der Waals surface area contributed by atoms with Crippen LogP contribution >= 0.6 is 11.8 Å². The fraction of sp³-hybridized carbons (Fsp3) is 0.167. The first kappa shape index (κ1) is 18.6. The summed E-state index contributed by atoms with van der Waals surface area (Å²) < 4.78 is 16.0. The average molecular weight is 388 g/mol. The van der Waals surface area contributed by atoms with Gasteiger partial charge in [-0.1, -0.05) is 11.8 Å². The summed E-state index contributed by atoms with van der Waals surface area (Å²) in [5.74, 6) is 0.248. The lowest BCUT2D eigenvalue weighted by Crippen LogP contribution is -2.10. The molecule has 0 radical (unpaired) electrons. The van der Waals surface area contributed by atoms with Gasteiger partial charge in [0.2, 0.25) is 5.89 Å². The Kier molecular flexibility index (Phi) is 5.82. The van der Waals surface area contributed by atoms with Crippen LogP contribution in [-0.4, -0.2) is 38.7 Å². The number of phenols is 2. The van der Waals surface area contributed by atoms with Crippen LogP contribution in [0.5, 0.6) is 23.0 Å². The van der Waals surface area contributed by atoms with E-state index in [4.69, 9.17) is 13.9 Å². The van der Waals surface area contributed by atoms with E-state index in [2.05, 4.69) is 10.2 Å². The van der Waals surface area contributed by atoms with E-state index in [1.54, 1.807) is 24.3 Å². The number of thioether (sulfide) groups is 1. The summed E-state index contributed by atoms with van der Waals surface area (Å²) in [6.07, 6.45) is 0. The lowest BCUT2D eigenvalue weighted by Gasteiger charge is -2.05. The third-order valence-corrected chi connectivity index (χ3v) is 4.10. The minimum atomic E-state index is -0.466. The quantitative estimate of drug-likeness (QED) is 0.272. The molecule has 0 spiro atoms. The van der Waals surface area contributed by atoms with E-state index in [1.165, 1.54) is 18.2 Å². The third kappa shape index (κ3) is 4.91. The summed E-state index contributed by atoms with van der Waals surface area (Å²) in [6, 6.07) is 10.9. The van der Waals surface area contributed by atoms with Crippen LogP contribution in [0.1, 0.15) is 6.92 Å². The van der Waals surface area contributed by atoms with E-state index in [-0.39, 0.29) is 28.4 Å². The maximum Gasteiger partial charge on any atom is 0.321 e. The van der Waals surface area contributed by atoms with Gasteiger partial charge in [0, 0.05) is 5.56 Å². The first-order valence-corrected chi connectivity index (χ1v) is 8.96. The highest BCUT2D eigenvalue weighted by atomic mass is 32.2. The van der Waals surface area contributed by atoms with Gasteiger partial charge in [-0.3, -0.25) is 4.79 Å². The molecule has 0 bridgehead atoms.